The van der Waals surface area contributed by atoms with Crippen molar-refractivity contribution in [2.24, 2.45) is 5.84 Å². The van der Waals surface area contributed by atoms with E-state index in [2.05, 4.69) is 27.4 Å². The molecule has 0 spiro atoms. The molecule has 4 nitrogen and oxygen atoms in total. The Hall–Kier alpha value is -1.08. The first-order chi connectivity index (χ1) is 9.76. The molecular formula is C14H15BrN2O2S. The molecule has 20 heavy (non-hydrogen) atoms. The molecule has 0 saturated heterocycles. The molecule has 0 bridgehead atoms. The molecule has 0 aliphatic carbocycles. The highest BCUT2D eigenvalue weighted by atomic mass is 79.9. The topological polar surface area (TPSA) is 56.5 Å². The van der Waals surface area contributed by atoms with Crippen molar-refractivity contribution in [3.05, 3.63) is 45.1 Å². The van der Waals surface area contributed by atoms with Crippen molar-refractivity contribution in [2.45, 2.75) is 18.6 Å². The number of para-hydroxylation sites is 2. The summed E-state index contributed by atoms with van der Waals surface area (Å²) in [6.45, 7) is 0.498. The highest BCUT2D eigenvalue weighted by molar-refractivity contribution is 9.11. The van der Waals surface area contributed by atoms with Gasteiger partial charge in [0.1, 0.15) is 12.7 Å². The number of fused-ring (bicyclic) bond motifs is 1. The minimum absolute atomic E-state index is 0.00825. The number of halogens is 1. The highest BCUT2D eigenvalue weighted by Crippen LogP contribution is 2.32. The second-order valence-electron chi connectivity index (χ2n) is 4.60. The fourth-order valence-electron chi connectivity index (χ4n) is 2.21. The van der Waals surface area contributed by atoms with E-state index in [1.807, 2.05) is 30.3 Å². The monoisotopic (exact) mass is 354 g/mol. The minimum Gasteiger partial charge on any atom is -0.486 e. The number of nitrogens with one attached hydrogen (secondary N) is 1. The average molecular weight is 355 g/mol. The van der Waals surface area contributed by atoms with Gasteiger partial charge in [-0.3, -0.25) is 11.3 Å². The fourth-order valence-corrected chi connectivity index (χ4v) is 3.75. The summed E-state index contributed by atoms with van der Waals surface area (Å²) >= 11 is 5.18. The van der Waals surface area contributed by atoms with E-state index < -0.39 is 0 Å². The third kappa shape index (κ3) is 2.98. The molecule has 1 aromatic carbocycles. The number of ether oxygens (including phenoxy) is 2. The zero-order valence-corrected chi connectivity index (χ0v) is 13.1. The summed E-state index contributed by atoms with van der Waals surface area (Å²) in [5.41, 5.74) is 2.85. The quantitative estimate of drug-likeness (QED) is 0.654. The first-order valence-electron chi connectivity index (χ1n) is 6.35. The zero-order valence-electron chi connectivity index (χ0n) is 10.7. The molecule has 1 aliphatic rings. The molecule has 3 N–H and O–H groups in total. The Balaban J connectivity index is 1.71. The number of hydrogen-bond acceptors (Lipinski definition) is 5. The fraction of sp³-hybridized carbons (Fsp3) is 0.286. The molecule has 2 unspecified atom stereocenters. The van der Waals surface area contributed by atoms with E-state index in [0.29, 0.717) is 6.61 Å². The van der Waals surface area contributed by atoms with Crippen molar-refractivity contribution in [3.63, 3.8) is 0 Å². The van der Waals surface area contributed by atoms with Crippen LogP contribution in [-0.4, -0.2) is 18.8 Å². The Morgan fingerprint density at radius 2 is 2.10 bits per heavy atom. The predicted octanol–water partition coefficient (Wildman–Crippen LogP) is 2.73. The van der Waals surface area contributed by atoms with Crippen LogP contribution >= 0.6 is 27.3 Å². The summed E-state index contributed by atoms with van der Waals surface area (Å²) in [5, 5.41) is 0. The van der Waals surface area contributed by atoms with Crippen LogP contribution in [0.4, 0.5) is 0 Å². The van der Waals surface area contributed by atoms with Crippen molar-refractivity contribution < 1.29 is 9.47 Å². The third-order valence-corrected chi connectivity index (χ3v) is 4.89. The maximum absolute atomic E-state index is 5.99. The van der Waals surface area contributed by atoms with Crippen molar-refractivity contribution in [3.8, 4) is 11.5 Å². The number of thiophene rings is 1. The Morgan fingerprint density at radius 3 is 2.80 bits per heavy atom. The van der Waals surface area contributed by atoms with Gasteiger partial charge in [0.2, 0.25) is 0 Å². The molecule has 2 aromatic rings. The standard InChI is InChI=1S/C14H15BrN2O2S/c15-14-6-5-9(20-14)7-10(17-16)13-8-18-11-3-1-2-4-12(11)19-13/h1-6,10,13,17H,7-8,16H2. The summed E-state index contributed by atoms with van der Waals surface area (Å²) in [6.07, 6.45) is 0.707. The summed E-state index contributed by atoms with van der Waals surface area (Å²) in [7, 11) is 0. The SMILES string of the molecule is NNC(Cc1ccc(Br)s1)C1COc2ccccc2O1. The third-order valence-electron chi connectivity index (χ3n) is 3.24. The lowest BCUT2D eigenvalue weighted by Gasteiger charge is -2.31. The largest absolute Gasteiger partial charge is 0.486 e. The van der Waals surface area contributed by atoms with Crippen LogP contribution in [0.2, 0.25) is 0 Å². The van der Waals surface area contributed by atoms with Gasteiger partial charge in [0.05, 0.1) is 9.83 Å². The van der Waals surface area contributed by atoms with Crippen molar-refractivity contribution in [1.29, 1.82) is 0 Å². The van der Waals surface area contributed by atoms with Crippen LogP contribution < -0.4 is 20.7 Å². The molecule has 0 radical (unpaired) electrons. The van der Waals surface area contributed by atoms with Gasteiger partial charge in [-0.1, -0.05) is 12.1 Å². The molecule has 0 fully saturated rings. The minimum atomic E-state index is -0.101. The summed E-state index contributed by atoms with van der Waals surface area (Å²) in [4.78, 5) is 1.25. The van der Waals surface area contributed by atoms with Gasteiger partial charge in [0.25, 0.3) is 0 Å². The van der Waals surface area contributed by atoms with Gasteiger partial charge in [-0.2, -0.15) is 0 Å². The van der Waals surface area contributed by atoms with Crippen LogP contribution in [0.3, 0.4) is 0 Å². The molecule has 2 heterocycles. The Morgan fingerprint density at radius 1 is 1.30 bits per heavy atom. The second-order valence-corrected chi connectivity index (χ2v) is 7.14. The summed E-state index contributed by atoms with van der Waals surface area (Å²) < 4.78 is 12.8. The van der Waals surface area contributed by atoms with E-state index >= 15 is 0 Å². The van der Waals surface area contributed by atoms with E-state index in [9.17, 15) is 0 Å². The van der Waals surface area contributed by atoms with Crippen LogP contribution in [-0.2, 0) is 6.42 Å². The first-order valence-corrected chi connectivity index (χ1v) is 7.96. The highest BCUT2D eigenvalue weighted by Gasteiger charge is 2.28. The van der Waals surface area contributed by atoms with Gasteiger partial charge >= 0.3 is 0 Å². The zero-order chi connectivity index (χ0) is 13.9. The van der Waals surface area contributed by atoms with E-state index in [1.165, 1.54) is 4.88 Å². The van der Waals surface area contributed by atoms with Crippen molar-refractivity contribution >= 4 is 27.3 Å². The molecule has 1 aliphatic heterocycles. The Kier molecular flexibility index (Phi) is 4.26. The van der Waals surface area contributed by atoms with Gasteiger partial charge < -0.3 is 9.47 Å². The van der Waals surface area contributed by atoms with Gasteiger partial charge in [0.15, 0.2) is 11.5 Å². The second kappa shape index (κ2) is 6.13. The Labute approximate surface area is 130 Å². The van der Waals surface area contributed by atoms with Crippen LogP contribution in [0.25, 0.3) is 0 Å². The molecule has 1 aromatic heterocycles. The van der Waals surface area contributed by atoms with Crippen LogP contribution in [0.5, 0.6) is 11.5 Å². The Bertz CT molecular complexity index is 590. The van der Waals surface area contributed by atoms with E-state index in [4.69, 9.17) is 15.3 Å². The first kappa shape index (κ1) is 13.9. The molecule has 0 amide bonds. The molecule has 6 heteroatoms. The van der Waals surface area contributed by atoms with Crippen molar-refractivity contribution in [2.75, 3.05) is 6.61 Å². The lowest BCUT2D eigenvalue weighted by atomic mass is 10.1. The van der Waals surface area contributed by atoms with Gasteiger partial charge in [-0.05, 0) is 40.2 Å². The average Bonchev–Trinajstić information content (AvgIpc) is 2.89. The number of nitrogens with two attached hydrogens (primary N) is 1. The lowest BCUT2D eigenvalue weighted by molar-refractivity contribution is 0.0622. The van der Waals surface area contributed by atoms with Crippen LogP contribution in [0.15, 0.2) is 40.2 Å². The maximum atomic E-state index is 5.99. The summed E-state index contributed by atoms with van der Waals surface area (Å²) in [5.74, 6) is 7.25. The molecule has 3 rings (SSSR count). The van der Waals surface area contributed by atoms with Crippen LogP contribution in [0.1, 0.15) is 4.88 Å². The number of hydrazine groups is 1. The molecule has 106 valence electrons. The number of hydrogen-bond donors (Lipinski definition) is 2. The van der Waals surface area contributed by atoms with Crippen LogP contribution in [0, 0.1) is 0 Å². The van der Waals surface area contributed by atoms with E-state index in [-0.39, 0.29) is 12.1 Å². The summed E-state index contributed by atoms with van der Waals surface area (Å²) in [6, 6.07) is 11.8. The molecule has 0 saturated carbocycles. The van der Waals surface area contributed by atoms with E-state index in [1.54, 1.807) is 11.3 Å². The van der Waals surface area contributed by atoms with Gasteiger partial charge in [0, 0.05) is 11.3 Å². The normalized spacial score (nSPS) is 18.8. The van der Waals surface area contributed by atoms with Gasteiger partial charge in [-0.15, -0.1) is 11.3 Å². The molecule has 2 atom stereocenters. The number of benzene rings is 1. The maximum Gasteiger partial charge on any atom is 0.161 e. The molecular weight excluding hydrogens is 340 g/mol. The van der Waals surface area contributed by atoms with Crippen molar-refractivity contribution in [1.82, 2.24) is 5.43 Å². The smallest absolute Gasteiger partial charge is 0.161 e. The number of rotatable bonds is 4. The van der Waals surface area contributed by atoms with E-state index in [0.717, 1.165) is 21.7 Å². The lowest BCUT2D eigenvalue weighted by Crippen LogP contribution is -2.51. The van der Waals surface area contributed by atoms with Gasteiger partial charge in [-0.25, -0.2) is 0 Å². The predicted molar refractivity (Wildman–Crippen MR) is 83.2 cm³/mol.